The number of carbonyl (C=O) groups excluding carboxylic acids is 1. The lowest BCUT2D eigenvalue weighted by Gasteiger charge is -2.33. The van der Waals surface area contributed by atoms with Crippen molar-refractivity contribution in [3.63, 3.8) is 0 Å². The average Bonchev–Trinajstić information content (AvgIpc) is 3.10. The van der Waals surface area contributed by atoms with Gasteiger partial charge in [0.25, 0.3) is 5.78 Å². The number of benzene rings is 1. The van der Waals surface area contributed by atoms with Crippen molar-refractivity contribution < 1.29 is 4.79 Å². The third kappa shape index (κ3) is 3.31. The molecule has 1 fully saturated rings. The Balaban J connectivity index is 1.68. The number of piperidine rings is 1. The van der Waals surface area contributed by atoms with Crippen LogP contribution < -0.4 is 0 Å². The number of hydrogen-bond donors (Lipinski definition) is 0. The van der Waals surface area contributed by atoms with Crippen molar-refractivity contribution >= 4 is 11.7 Å². The number of aryl methyl sites for hydroxylation is 2. The molecule has 0 bridgehead atoms. The van der Waals surface area contributed by atoms with E-state index in [9.17, 15) is 4.79 Å². The first-order chi connectivity index (χ1) is 13.0. The zero-order valence-electron chi connectivity index (χ0n) is 16.1. The summed E-state index contributed by atoms with van der Waals surface area (Å²) in [6.45, 7) is 6.94. The summed E-state index contributed by atoms with van der Waals surface area (Å²) in [6.07, 6.45) is 3.75. The number of likely N-dealkylation sites (tertiary alicyclic amines) is 1. The summed E-state index contributed by atoms with van der Waals surface area (Å²) in [4.78, 5) is 24.1. The Morgan fingerprint density at radius 2 is 1.93 bits per heavy atom. The van der Waals surface area contributed by atoms with Crippen LogP contribution in [0.1, 0.15) is 43.1 Å². The quantitative estimate of drug-likeness (QED) is 0.716. The molecule has 0 spiro atoms. The highest BCUT2D eigenvalue weighted by Gasteiger charge is 2.25. The molecule has 1 amide bonds. The first-order valence-electron chi connectivity index (χ1n) is 9.62. The van der Waals surface area contributed by atoms with Crippen molar-refractivity contribution in [3.05, 3.63) is 47.3 Å². The van der Waals surface area contributed by atoms with Crippen molar-refractivity contribution in [1.29, 1.82) is 0 Å². The summed E-state index contributed by atoms with van der Waals surface area (Å²) in [5.41, 5.74) is 3.70. The Kier molecular flexibility index (Phi) is 4.64. The van der Waals surface area contributed by atoms with Crippen molar-refractivity contribution in [2.75, 3.05) is 6.54 Å². The van der Waals surface area contributed by atoms with Gasteiger partial charge in [-0.15, -0.1) is 5.10 Å². The van der Waals surface area contributed by atoms with Gasteiger partial charge in [-0.1, -0.05) is 30.3 Å². The molecule has 0 saturated carbocycles. The van der Waals surface area contributed by atoms with Crippen LogP contribution in [0.2, 0.25) is 0 Å². The van der Waals surface area contributed by atoms with E-state index in [1.165, 1.54) is 6.42 Å². The number of amides is 1. The first-order valence-corrected chi connectivity index (χ1v) is 9.62. The standard InChI is InChI=1S/C21H25N5O/c1-14-9-7-8-12-25(14)19(27)13-18-15(2)22-21-23-20(24-26(21)16(18)3)17-10-5-4-6-11-17/h4-6,10-11,14H,7-9,12-13H2,1-3H3. The smallest absolute Gasteiger partial charge is 0.253 e. The van der Waals surface area contributed by atoms with Gasteiger partial charge < -0.3 is 4.90 Å². The fraction of sp³-hybridized carbons (Fsp3) is 0.429. The Morgan fingerprint density at radius 3 is 2.67 bits per heavy atom. The van der Waals surface area contributed by atoms with E-state index < -0.39 is 0 Å². The molecule has 0 N–H and O–H groups in total. The van der Waals surface area contributed by atoms with Gasteiger partial charge >= 0.3 is 0 Å². The van der Waals surface area contributed by atoms with Gasteiger partial charge in [-0.2, -0.15) is 4.98 Å². The molecule has 140 valence electrons. The van der Waals surface area contributed by atoms with Crippen LogP contribution in [0.15, 0.2) is 30.3 Å². The maximum atomic E-state index is 12.9. The second kappa shape index (κ2) is 7.10. The molecule has 4 rings (SSSR count). The molecule has 1 unspecified atom stereocenters. The summed E-state index contributed by atoms with van der Waals surface area (Å²) < 4.78 is 1.76. The van der Waals surface area contributed by atoms with Gasteiger partial charge in [-0.25, -0.2) is 9.50 Å². The van der Waals surface area contributed by atoms with Crippen molar-refractivity contribution in [1.82, 2.24) is 24.5 Å². The second-order valence-electron chi connectivity index (χ2n) is 7.38. The molecular formula is C21H25N5O. The SMILES string of the molecule is Cc1nc2nc(-c3ccccc3)nn2c(C)c1CC(=O)N1CCCCC1C. The summed E-state index contributed by atoms with van der Waals surface area (Å²) >= 11 is 0. The monoisotopic (exact) mass is 363 g/mol. The maximum absolute atomic E-state index is 12.9. The van der Waals surface area contributed by atoms with E-state index in [4.69, 9.17) is 0 Å². The van der Waals surface area contributed by atoms with E-state index in [1.807, 2.05) is 49.1 Å². The number of hydrogen-bond acceptors (Lipinski definition) is 4. The van der Waals surface area contributed by atoms with Crippen LogP contribution >= 0.6 is 0 Å². The summed E-state index contributed by atoms with van der Waals surface area (Å²) in [5, 5.41) is 4.64. The van der Waals surface area contributed by atoms with Gasteiger partial charge in [0.05, 0.1) is 6.42 Å². The third-order valence-electron chi connectivity index (χ3n) is 5.53. The minimum absolute atomic E-state index is 0.179. The molecule has 27 heavy (non-hydrogen) atoms. The summed E-state index contributed by atoms with van der Waals surface area (Å²) in [5.74, 6) is 1.41. The van der Waals surface area contributed by atoms with Gasteiger partial charge in [0.1, 0.15) is 0 Å². The van der Waals surface area contributed by atoms with Crippen LogP contribution in [0.3, 0.4) is 0 Å². The van der Waals surface area contributed by atoms with E-state index in [1.54, 1.807) is 4.52 Å². The predicted molar refractivity (Wildman–Crippen MR) is 104 cm³/mol. The highest BCUT2D eigenvalue weighted by Crippen LogP contribution is 2.22. The molecule has 2 aromatic heterocycles. The van der Waals surface area contributed by atoms with Gasteiger partial charge in [0, 0.05) is 35.1 Å². The van der Waals surface area contributed by atoms with Gasteiger partial charge in [0.2, 0.25) is 5.91 Å². The highest BCUT2D eigenvalue weighted by atomic mass is 16.2. The molecule has 1 aromatic carbocycles. The molecule has 0 radical (unpaired) electrons. The molecule has 6 heteroatoms. The van der Waals surface area contributed by atoms with E-state index >= 15 is 0 Å². The van der Waals surface area contributed by atoms with Gasteiger partial charge in [-0.05, 0) is 40.0 Å². The summed E-state index contributed by atoms with van der Waals surface area (Å²) in [7, 11) is 0. The molecular weight excluding hydrogens is 338 g/mol. The van der Waals surface area contributed by atoms with Crippen LogP contribution in [0, 0.1) is 13.8 Å². The van der Waals surface area contributed by atoms with Crippen LogP contribution in [-0.4, -0.2) is 43.0 Å². The fourth-order valence-corrected chi connectivity index (χ4v) is 3.90. The molecule has 1 saturated heterocycles. The molecule has 1 aliphatic rings. The molecule has 6 nitrogen and oxygen atoms in total. The molecule has 0 aliphatic carbocycles. The lowest BCUT2D eigenvalue weighted by atomic mass is 10.0. The van der Waals surface area contributed by atoms with Crippen molar-refractivity contribution in [2.24, 2.45) is 0 Å². The zero-order chi connectivity index (χ0) is 19.0. The second-order valence-corrected chi connectivity index (χ2v) is 7.38. The normalized spacial score (nSPS) is 17.4. The lowest BCUT2D eigenvalue weighted by Crippen LogP contribution is -2.43. The van der Waals surface area contributed by atoms with Gasteiger partial charge in [0.15, 0.2) is 5.82 Å². The average molecular weight is 363 g/mol. The van der Waals surface area contributed by atoms with Crippen LogP contribution in [0.5, 0.6) is 0 Å². The minimum Gasteiger partial charge on any atom is -0.340 e. The molecule has 1 atom stereocenters. The van der Waals surface area contributed by atoms with Gasteiger partial charge in [-0.3, -0.25) is 4.79 Å². The topological polar surface area (TPSA) is 63.4 Å². The number of aromatic nitrogens is 4. The zero-order valence-corrected chi connectivity index (χ0v) is 16.1. The van der Waals surface area contributed by atoms with E-state index in [-0.39, 0.29) is 5.91 Å². The van der Waals surface area contributed by atoms with Crippen molar-refractivity contribution in [2.45, 2.75) is 52.5 Å². The number of nitrogens with zero attached hydrogens (tertiary/aromatic N) is 5. The van der Waals surface area contributed by atoms with E-state index in [0.717, 1.165) is 41.9 Å². The molecule has 3 aromatic rings. The number of rotatable bonds is 3. The Morgan fingerprint density at radius 1 is 1.15 bits per heavy atom. The van der Waals surface area contributed by atoms with Crippen LogP contribution in [-0.2, 0) is 11.2 Å². The number of fused-ring (bicyclic) bond motifs is 1. The van der Waals surface area contributed by atoms with E-state index in [0.29, 0.717) is 24.1 Å². The molecule has 3 heterocycles. The van der Waals surface area contributed by atoms with E-state index in [2.05, 4.69) is 22.0 Å². The minimum atomic E-state index is 0.179. The highest BCUT2D eigenvalue weighted by molar-refractivity contribution is 5.79. The number of carbonyl (C=O) groups is 1. The Labute approximate surface area is 159 Å². The lowest BCUT2D eigenvalue weighted by molar-refractivity contribution is -0.133. The maximum Gasteiger partial charge on any atom is 0.253 e. The largest absolute Gasteiger partial charge is 0.340 e. The van der Waals surface area contributed by atoms with Crippen molar-refractivity contribution in [3.8, 4) is 11.4 Å². The predicted octanol–water partition coefficient (Wildman–Crippen LogP) is 3.35. The summed E-state index contributed by atoms with van der Waals surface area (Å²) in [6, 6.07) is 10.2. The Hall–Kier alpha value is -2.76. The third-order valence-corrected chi connectivity index (χ3v) is 5.53. The Bertz CT molecular complexity index is 979. The van der Waals surface area contributed by atoms with Crippen LogP contribution in [0.25, 0.3) is 17.2 Å². The first kappa shape index (κ1) is 17.6. The van der Waals surface area contributed by atoms with Crippen LogP contribution in [0.4, 0.5) is 0 Å². The molecule has 1 aliphatic heterocycles. The fourth-order valence-electron chi connectivity index (χ4n) is 3.90.